The zero-order valence-electron chi connectivity index (χ0n) is 8.17. The van der Waals surface area contributed by atoms with Crippen LogP contribution in [-0.4, -0.2) is 11.0 Å². The van der Waals surface area contributed by atoms with Crippen molar-refractivity contribution < 1.29 is 9.53 Å². The first-order valence-electron chi connectivity index (χ1n) is 4.77. The van der Waals surface area contributed by atoms with E-state index in [1.807, 2.05) is 36.4 Å². The highest BCUT2D eigenvalue weighted by Crippen LogP contribution is 2.11. The van der Waals surface area contributed by atoms with E-state index in [0.717, 1.165) is 5.56 Å². The Bertz CT molecular complexity index is 383. The lowest BCUT2D eigenvalue weighted by Gasteiger charge is -2.06. The molecule has 15 heavy (non-hydrogen) atoms. The van der Waals surface area contributed by atoms with E-state index in [1.54, 1.807) is 12.4 Å². The topological polar surface area (TPSA) is 39.2 Å². The number of esters is 1. The number of nitrogens with zero attached hydrogens (tertiary/aromatic N) is 1. The average Bonchev–Trinajstić information content (AvgIpc) is 2.81. The number of aromatic nitrogens is 1. The van der Waals surface area contributed by atoms with E-state index < -0.39 is 0 Å². The fourth-order valence-corrected chi connectivity index (χ4v) is 1.32. The summed E-state index contributed by atoms with van der Waals surface area (Å²) >= 11 is 0. The van der Waals surface area contributed by atoms with E-state index >= 15 is 0 Å². The molecule has 1 aliphatic rings. The molecule has 76 valence electrons. The van der Waals surface area contributed by atoms with Crippen LogP contribution in [0.2, 0.25) is 0 Å². The monoisotopic (exact) mass is 201 g/mol. The predicted octanol–water partition coefficient (Wildman–Crippen LogP) is 1.87. The van der Waals surface area contributed by atoms with Crippen molar-refractivity contribution in [2.75, 3.05) is 0 Å². The molecular weight excluding hydrogens is 190 g/mol. The summed E-state index contributed by atoms with van der Waals surface area (Å²) in [7, 11) is 0. The highest BCUT2D eigenvalue weighted by atomic mass is 16.5. The fourth-order valence-electron chi connectivity index (χ4n) is 1.32. The summed E-state index contributed by atoms with van der Waals surface area (Å²) in [5.41, 5.74) is 0.948. The molecule has 2 rings (SSSR count). The number of hydrogen-bond donors (Lipinski definition) is 0. The lowest BCUT2D eigenvalue weighted by molar-refractivity contribution is -0.146. The number of hydrogen-bond acceptors (Lipinski definition) is 3. The van der Waals surface area contributed by atoms with E-state index in [4.69, 9.17) is 4.74 Å². The normalized spacial score (nSPS) is 14.4. The molecule has 0 spiro atoms. The lowest BCUT2D eigenvalue weighted by atomic mass is 10.2. The molecule has 0 aliphatic heterocycles. The number of rotatable bonds is 3. The van der Waals surface area contributed by atoms with Crippen molar-refractivity contribution in [3.63, 3.8) is 0 Å². The molecule has 0 amide bonds. The minimum Gasteiger partial charge on any atom is -0.460 e. The Hall–Kier alpha value is -1.90. The molecule has 1 aromatic heterocycles. The second-order valence-electron chi connectivity index (χ2n) is 3.26. The van der Waals surface area contributed by atoms with Gasteiger partial charge in [-0.05, 0) is 17.7 Å². The van der Waals surface area contributed by atoms with Crippen molar-refractivity contribution >= 4 is 5.97 Å². The number of pyridine rings is 1. The molecule has 3 nitrogen and oxygen atoms in total. The molecule has 0 saturated heterocycles. The highest BCUT2D eigenvalue weighted by Gasteiger charge is 2.15. The third-order valence-corrected chi connectivity index (χ3v) is 2.15. The lowest BCUT2D eigenvalue weighted by Crippen LogP contribution is -2.12. The SMILES string of the molecule is O=C(OCc1ccncc1)C1C=CC=C1. The maximum absolute atomic E-state index is 11.5. The standard InChI is InChI=1S/C12H11NO2/c14-12(11-3-1-2-4-11)15-9-10-5-7-13-8-6-10/h1-8,11H,9H2. The van der Waals surface area contributed by atoms with Crippen molar-refractivity contribution in [3.8, 4) is 0 Å². The van der Waals surface area contributed by atoms with Gasteiger partial charge in [0, 0.05) is 12.4 Å². The summed E-state index contributed by atoms with van der Waals surface area (Å²) in [6.45, 7) is 0.305. The molecule has 0 fully saturated rings. The average molecular weight is 201 g/mol. The van der Waals surface area contributed by atoms with Crippen molar-refractivity contribution in [2.24, 2.45) is 5.92 Å². The Balaban J connectivity index is 1.86. The van der Waals surface area contributed by atoms with Crippen LogP contribution in [0, 0.1) is 5.92 Å². The van der Waals surface area contributed by atoms with Gasteiger partial charge in [-0.3, -0.25) is 9.78 Å². The third kappa shape index (κ3) is 2.53. The Kier molecular flexibility index (Phi) is 2.93. The van der Waals surface area contributed by atoms with E-state index in [-0.39, 0.29) is 11.9 Å². The highest BCUT2D eigenvalue weighted by molar-refractivity contribution is 5.77. The number of carbonyl (C=O) groups is 1. The van der Waals surface area contributed by atoms with Crippen LogP contribution in [0.1, 0.15) is 5.56 Å². The van der Waals surface area contributed by atoms with Crippen molar-refractivity contribution in [3.05, 3.63) is 54.4 Å². The minimum absolute atomic E-state index is 0.211. The molecule has 0 bridgehead atoms. The van der Waals surface area contributed by atoms with Gasteiger partial charge in [-0.15, -0.1) is 0 Å². The molecule has 0 unspecified atom stereocenters. The first-order chi connectivity index (χ1) is 7.36. The molecule has 0 atom stereocenters. The molecular formula is C12H11NO2. The van der Waals surface area contributed by atoms with Crippen LogP contribution in [0.4, 0.5) is 0 Å². The van der Waals surface area contributed by atoms with Crippen molar-refractivity contribution in [2.45, 2.75) is 6.61 Å². The summed E-state index contributed by atoms with van der Waals surface area (Å²) in [6, 6.07) is 3.65. The Morgan fingerprint density at radius 1 is 1.27 bits per heavy atom. The molecule has 1 aromatic rings. The van der Waals surface area contributed by atoms with Crippen LogP contribution in [0.25, 0.3) is 0 Å². The summed E-state index contributed by atoms with van der Waals surface area (Å²) in [6.07, 6.45) is 10.7. The summed E-state index contributed by atoms with van der Waals surface area (Å²) in [4.78, 5) is 15.4. The van der Waals surface area contributed by atoms with Gasteiger partial charge >= 0.3 is 5.97 Å². The first-order valence-corrected chi connectivity index (χ1v) is 4.77. The number of ether oxygens (including phenoxy) is 1. The predicted molar refractivity (Wildman–Crippen MR) is 55.8 cm³/mol. The fraction of sp³-hybridized carbons (Fsp3) is 0.167. The van der Waals surface area contributed by atoms with Gasteiger partial charge in [-0.1, -0.05) is 24.3 Å². The van der Waals surface area contributed by atoms with E-state index in [2.05, 4.69) is 4.98 Å². The van der Waals surface area contributed by atoms with Crippen LogP contribution < -0.4 is 0 Å². The second kappa shape index (κ2) is 4.55. The van der Waals surface area contributed by atoms with Gasteiger partial charge in [-0.2, -0.15) is 0 Å². The second-order valence-corrected chi connectivity index (χ2v) is 3.26. The van der Waals surface area contributed by atoms with Crippen LogP contribution in [-0.2, 0) is 16.1 Å². The Morgan fingerprint density at radius 2 is 1.93 bits per heavy atom. The molecule has 0 saturated carbocycles. The quantitative estimate of drug-likeness (QED) is 0.701. The van der Waals surface area contributed by atoms with Gasteiger partial charge in [0.25, 0.3) is 0 Å². The van der Waals surface area contributed by atoms with Gasteiger partial charge < -0.3 is 4.74 Å². The van der Waals surface area contributed by atoms with Crippen LogP contribution in [0.5, 0.6) is 0 Å². The largest absolute Gasteiger partial charge is 0.460 e. The minimum atomic E-state index is -0.216. The number of carbonyl (C=O) groups excluding carboxylic acids is 1. The number of allylic oxidation sites excluding steroid dienone is 2. The molecule has 3 heteroatoms. The zero-order valence-corrected chi connectivity index (χ0v) is 8.17. The smallest absolute Gasteiger partial charge is 0.317 e. The summed E-state index contributed by atoms with van der Waals surface area (Å²) in [5, 5.41) is 0. The summed E-state index contributed by atoms with van der Waals surface area (Å²) in [5.74, 6) is -0.427. The third-order valence-electron chi connectivity index (χ3n) is 2.15. The molecule has 1 heterocycles. The van der Waals surface area contributed by atoms with Crippen LogP contribution >= 0.6 is 0 Å². The maximum Gasteiger partial charge on any atom is 0.317 e. The molecule has 0 radical (unpaired) electrons. The van der Waals surface area contributed by atoms with Gasteiger partial charge in [0.15, 0.2) is 0 Å². The molecule has 0 aromatic carbocycles. The van der Waals surface area contributed by atoms with Gasteiger partial charge in [0.1, 0.15) is 6.61 Å². The van der Waals surface area contributed by atoms with Gasteiger partial charge in [0.05, 0.1) is 5.92 Å². The van der Waals surface area contributed by atoms with E-state index in [1.165, 1.54) is 0 Å². The van der Waals surface area contributed by atoms with E-state index in [0.29, 0.717) is 6.61 Å². The van der Waals surface area contributed by atoms with Crippen molar-refractivity contribution in [1.29, 1.82) is 0 Å². The zero-order chi connectivity index (χ0) is 10.5. The van der Waals surface area contributed by atoms with Crippen LogP contribution in [0.15, 0.2) is 48.8 Å². The first kappa shape index (κ1) is 9.65. The maximum atomic E-state index is 11.5. The Labute approximate surface area is 88.1 Å². The Morgan fingerprint density at radius 3 is 2.60 bits per heavy atom. The molecule has 0 N–H and O–H groups in total. The van der Waals surface area contributed by atoms with Crippen molar-refractivity contribution in [1.82, 2.24) is 4.98 Å². The van der Waals surface area contributed by atoms with Gasteiger partial charge in [-0.25, -0.2) is 0 Å². The van der Waals surface area contributed by atoms with E-state index in [9.17, 15) is 4.79 Å². The summed E-state index contributed by atoms with van der Waals surface area (Å²) < 4.78 is 5.14. The molecule has 1 aliphatic carbocycles. The van der Waals surface area contributed by atoms with Gasteiger partial charge in [0.2, 0.25) is 0 Å². The van der Waals surface area contributed by atoms with Crippen LogP contribution in [0.3, 0.4) is 0 Å².